The van der Waals surface area contributed by atoms with Crippen molar-refractivity contribution >= 4 is 17.5 Å². The number of hydrogen-bond acceptors (Lipinski definition) is 4. The molecule has 6 nitrogen and oxygen atoms in total. The maximum absolute atomic E-state index is 11.9. The Bertz CT molecular complexity index is 461. The van der Waals surface area contributed by atoms with Gasteiger partial charge in [0.1, 0.15) is 11.7 Å². The maximum atomic E-state index is 11.9. The fourth-order valence-electron chi connectivity index (χ4n) is 1.85. The first kappa shape index (κ1) is 12.3. The number of piperidine rings is 1. The summed E-state index contributed by atoms with van der Waals surface area (Å²) in [6.07, 6.45) is 3.10. The van der Waals surface area contributed by atoms with Gasteiger partial charge in [-0.2, -0.15) is 0 Å². The van der Waals surface area contributed by atoms with Crippen molar-refractivity contribution in [3.8, 4) is 0 Å². The Hall–Kier alpha value is -2.11. The van der Waals surface area contributed by atoms with Gasteiger partial charge in [-0.3, -0.25) is 14.6 Å². The second-order valence-electron chi connectivity index (χ2n) is 4.14. The van der Waals surface area contributed by atoms with E-state index in [0.29, 0.717) is 18.7 Å². The van der Waals surface area contributed by atoms with E-state index in [1.165, 1.54) is 0 Å². The summed E-state index contributed by atoms with van der Waals surface area (Å²) in [6, 6.07) is 2.96. The van der Waals surface area contributed by atoms with Gasteiger partial charge in [-0.1, -0.05) is 0 Å². The topological polar surface area (TPSA) is 83.1 Å². The Balaban J connectivity index is 2.04. The van der Waals surface area contributed by atoms with Crippen molar-refractivity contribution in [1.82, 2.24) is 15.6 Å². The lowest BCUT2D eigenvalue weighted by Gasteiger charge is -2.22. The minimum absolute atomic E-state index is 0.126. The van der Waals surface area contributed by atoms with E-state index in [-0.39, 0.29) is 11.8 Å². The molecule has 1 aliphatic rings. The fraction of sp³-hybridized carbons (Fsp3) is 0.417. The summed E-state index contributed by atoms with van der Waals surface area (Å²) < 4.78 is 0. The van der Waals surface area contributed by atoms with Crippen LogP contribution in [0.4, 0.5) is 5.69 Å². The molecule has 1 unspecified atom stereocenters. The van der Waals surface area contributed by atoms with E-state index < -0.39 is 6.04 Å². The number of hydrogen-bond donors (Lipinski definition) is 3. The van der Waals surface area contributed by atoms with Crippen molar-refractivity contribution in [2.24, 2.45) is 0 Å². The highest BCUT2D eigenvalue weighted by atomic mass is 16.2. The molecule has 0 saturated carbocycles. The molecule has 1 aromatic rings. The zero-order valence-electron chi connectivity index (χ0n) is 10.2. The molecular formula is C12H16N4O2. The van der Waals surface area contributed by atoms with Crippen LogP contribution in [0.1, 0.15) is 23.3 Å². The lowest BCUT2D eigenvalue weighted by atomic mass is 10.1. The summed E-state index contributed by atoms with van der Waals surface area (Å²) in [5.74, 6) is -0.450. The first-order chi connectivity index (χ1) is 8.70. The largest absolute Gasteiger partial charge is 0.388 e. The van der Waals surface area contributed by atoms with Crippen LogP contribution >= 0.6 is 0 Å². The molecule has 0 radical (unpaired) electrons. The van der Waals surface area contributed by atoms with Gasteiger partial charge in [-0.05, 0) is 25.0 Å². The number of rotatable bonds is 3. The molecule has 0 aliphatic carbocycles. The molecule has 1 saturated heterocycles. The fourth-order valence-corrected chi connectivity index (χ4v) is 1.85. The summed E-state index contributed by atoms with van der Waals surface area (Å²) in [4.78, 5) is 27.5. The summed E-state index contributed by atoms with van der Waals surface area (Å²) in [7, 11) is 1.77. The van der Waals surface area contributed by atoms with Crippen molar-refractivity contribution in [3.63, 3.8) is 0 Å². The predicted molar refractivity (Wildman–Crippen MR) is 67.3 cm³/mol. The van der Waals surface area contributed by atoms with Crippen LogP contribution in [0.3, 0.4) is 0 Å². The molecule has 0 spiro atoms. The number of carbonyl (C=O) groups excluding carboxylic acids is 2. The zero-order valence-corrected chi connectivity index (χ0v) is 10.2. The third-order valence-corrected chi connectivity index (χ3v) is 2.87. The van der Waals surface area contributed by atoms with E-state index in [1.54, 1.807) is 25.4 Å². The first-order valence-corrected chi connectivity index (χ1v) is 5.93. The second-order valence-corrected chi connectivity index (χ2v) is 4.14. The first-order valence-electron chi connectivity index (χ1n) is 5.93. The molecule has 1 aliphatic heterocycles. The summed E-state index contributed by atoms with van der Waals surface area (Å²) in [5, 5.41) is 8.36. The molecule has 1 aromatic heterocycles. The molecule has 2 rings (SSSR count). The third-order valence-electron chi connectivity index (χ3n) is 2.87. The van der Waals surface area contributed by atoms with E-state index in [9.17, 15) is 9.59 Å². The van der Waals surface area contributed by atoms with Crippen molar-refractivity contribution in [2.75, 3.05) is 18.9 Å². The molecule has 1 atom stereocenters. The van der Waals surface area contributed by atoms with E-state index in [0.717, 1.165) is 12.1 Å². The van der Waals surface area contributed by atoms with Gasteiger partial charge in [0.15, 0.2) is 0 Å². The Morgan fingerprint density at radius 1 is 1.56 bits per heavy atom. The number of carbonyl (C=O) groups is 2. The number of nitrogens with one attached hydrogen (secondary N) is 3. The third kappa shape index (κ3) is 2.77. The molecule has 2 amide bonds. The average molecular weight is 248 g/mol. The van der Waals surface area contributed by atoms with Crippen molar-refractivity contribution < 1.29 is 9.59 Å². The van der Waals surface area contributed by atoms with Crippen LogP contribution in [0.5, 0.6) is 0 Å². The van der Waals surface area contributed by atoms with Gasteiger partial charge >= 0.3 is 0 Å². The molecule has 6 heteroatoms. The van der Waals surface area contributed by atoms with Gasteiger partial charge in [0.05, 0.1) is 0 Å². The van der Waals surface area contributed by atoms with Crippen LogP contribution < -0.4 is 16.0 Å². The SMILES string of the molecule is CNc1ccnc(C(=O)NC2CCCNC2=O)c1. The van der Waals surface area contributed by atoms with E-state index in [1.807, 2.05) is 0 Å². The number of anilines is 1. The maximum Gasteiger partial charge on any atom is 0.270 e. The van der Waals surface area contributed by atoms with Crippen LogP contribution in [0, 0.1) is 0 Å². The van der Waals surface area contributed by atoms with E-state index in [4.69, 9.17) is 0 Å². The Kier molecular flexibility index (Phi) is 3.76. The minimum Gasteiger partial charge on any atom is -0.388 e. The smallest absolute Gasteiger partial charge is 0.270 e. The molecule has 18 heavy (non-hydrogen) atoms. The molecule has 0 aromatic carbocycles. The second kappa shape index (κ2) is 5.48. The highest BCUT2D eigenvalue weighted by Gasteiger charge is 2.24. The van der Waals surface area contributed by atoms with Crippen LogP contribution in [0.15, 0.2) is 18.3 Å². The summed E-state index contributed by atoms with van der Waals surface area (Å²) in [6.45, 7) is 0.679. The molecular weight excluding hydrogens is 232 g/mol. The minimum atomic E-state index is -0.453. The quantitative estimate of drug-likeness (QED) is 0.710. The van der Waals surface area contributed by atoms with Crippen molar-refractivity contribution in [1.29, 1.82) is 0 Å². The van der Waals surface area contributed by atoms with Crippen LogP contribution in [-0.4, -0.2) is 36.4 Å². The monoisotopic (exact) mass is 248 g/mol. The van der Waals surface area contributed by atoms with Gasteiger partial charge in [0.25, 0.3) is 5.91 Å². The summed E-state index contributed by atoms with van der Waals surface area (Å²) >= 11 is 0. The molecule has 1 fully saturated rings. The Labute approximate surface area is 105 Å². The highest BCUT2D eigenvalue weighted by Crippen LogP contribution is 2.08. The number of nitrogens with zero attached hydrogens (tertiary/aromatic N) is 1. The molecule has 2 heterocycles. The molecule has 3 N–H and O–H groups in total. The van der Waals surface area contributed by atoms with Gasteiger partial charge in [-0.25, -0.2) is 0 Å². The number of aromatic nitrogens is 1. The molecule has 96 valence electrons. The molecule has 0 bridgehead atoms. The van der Waals surface area contributed by atoms with Crippen LogP contribution in [0.2, 0.25) is 0 Å². The number of amides is 2. The zero-order chi connectivity index (χ0) is 13.0. The average Bonchev–Trinajstić information content (AvgIpc) is 2.41. The summed E-state index contributed by atoms with van der Waals surface area (Å²) in [5.41, 5.74) is 1.11. The lowest BCUT2D eigenvalue weighted by Crippen LogP contribution is -2.50. The van der Waals surface area contributed by atoms with Crippen molar-refractivity contribution in [3.05, 3.63) is 24.0 Å². The van der Waals surface area contributed by atoms with E-state index >= 15 is 0 Å². The van der Waals surface area contributed by atoms with Gasteiger partial charge in [-0.15, -0.1) is 0 Å². The standard InChI is InChI=1S/C12H16N4O2/c1-13-8-4-6-14-10(7-8)12(18)16-9-3-2-5-15-11(9)17/h4,6-7,9H,2-3,5H2,1H3,(H,13,14)(H,15,17)(H,16,18). The lowest BCUT2D eigenvalue weighted by molar-refractivity contribution is -0.124. The Morgan fingerprint density at radius 2 is 2.39 bits per heavy atom. The van der Waals surface area contributed by atoms with Gasteiger partial charge in [0, 0.05) is 25.5 Å². The van der Waals surface area contributed by atoms with Gasteiger partial charge < -0.3 is 16.0 Å². The van der Waals surface area contributed by atoms with Crippen LogP contribution in [0.25, 0.3) is 0 Å². The van der Waals surface area contributed by atoms with E-state index in [2.05, 4.69) is 20.9 Å². The number of pyridine rings is 1. The highest BCUT2D eigenvalue weighted by molar-refractivity contribution is 5.96. The predicted octanol–water partition coefficient (Wildman–Crippen LogP) is 0.132. The Morgan fingerprint density at radius 3 is 3.11 bits per heavy atom. The normalized spacial score (nSPS) is 18.9. The van der Waals surface area contributed by atoms with Crippen molar-refractivity contribution in [2.45, 2.75) is 18.9 Å². The van der Waals surface area contributed by atoms with Gasteiger partial charge in [0.2, 0.25) is 5.91 Å². The van der Waals surface area contributed by atoms with Crippen LogP contribution in [-0.2, 0) is 4.79 Å².